The molecule has 0 fully saturated rings. The SMILES string of the molecule is COc1ccc2c(c1O)CCN(C(=O)c1nc(-c3ccc(C)cc3)nc3ccccc13)C2. The highest BCUT2D eigenvalue weighted by Gasteiger charge is 2.27. The third-order valence-corrected chi connectivity index (χ3v) is 5.96. The van der Waals surface area contributed by atoms with E-state index in [1.54, 1.807) is 11.0 Å². The summed E-state index contributed by atoms with van der Waals surface area (Å²) in [4.78, 5) is 24.8. The van der Waals surface area contributed by atoms with E-state index in [4.69, 9.17) is 14.7 Å². The normalized spacial score (nSPS) is 13.1. The molecule has 0 bridgehead atoms. The van der Waals surface area contributed by atoms with Crippen LogP contribution in [0.3, 0.4) is 0 Å². The third-order valence-electron chi connectivity index (χ3n) is 5.96. The molecule has 6 heteroatoms. The average Bonchev–Trinajstić information content (AvgIpc) is 2.83. The van der Waals surface area contributed by atoms with Crippen molar-refractivity contribution in [3.63, 3.8) is 0 Å². The van der Waals surface area contributed by atoms with Crippen molar-refractivity contribution in [3.05, 3.63) is 83.0 Å². The maximum atomic E-state index is 13.6. The Morgan fingerprint density at radius 1 is 1.03 bits per heavy atom. The van der Waals surface area contributed by atoms with Crippen molar-refractivity contribution in [3.8, 4) is 22.9 Å². The minimum Gasteiger partial charge on any atom is -0.504 e. The molecule has 0 radical (unpaired) electrons. The van der Waals surface area contributed by atoms with E-state index in [0.717, 1.165) is 33.2 Å². The predicted molar refractivity (Wildman–Crippen MR) is 123 cm³/mol. The third kappa shape index (κ3) is 3.43. The van der Waals surface area contributed by atoms with Gasteiger partial charge >= 0.3 is 0 Å². The van der Waals surface area contributed by atoms with Crippen LogP contribution in [0.4, 0.5) is 0 Å². The first-order chi connectivity index (χ1) is 15.5. The molecule has 0 unspecified atom stereocenters. The summed E-state index contributed by atoms with van der Waals surface area (Å²) in [5.41, 5.74) is 4.91. The first-order valence-electron chi connectivity index (χ1n) is 10.6. The lowest BCUT2D eigenvalue weighted by molar-refractivity contribution is 0.0730. The maximum Gasteiger partial charge on any atom is 0.273 e. The first kappa shape index (κ1) is 20.0. The molecule has 5 rings (SSSR count). The standard InChI is InChI=1S/C26H23N3O3/c1-16-7-9-17(10-8-16)25-27-21-6-4-3-5-20(21)23(28-25)26(31)29-14-13-19-18(15-29)11-12-22(32-2)24(19)30/h3-12,30H,13-15H2,1-2H3. The van der Waals surface area contributed by atoms with Crippen molar-refractivity contribution in [1.82, 2.24) is 14.9 Å². The minimum absolute atomic E-state index is 0.141. The zero-order valence-corrected chi connectivity index (χ0v) is 18.0. The van der Waals surface area contributed by atoms with Gasteiger partial charge < -0.3 is 14.7 Å². The van der Waals surface area contributed by atoms with Crippen LogP contribution in [0, 0.1) is 6.92 Å². The van der Waals surface area contributed by atoms with Gasteiger partial charge in [-0.05, 0) is 31.0 Å². The largest absolute Gasteiger partial charge is 0.504 e. The quantitative estimate of drug-likeness (QED) is 0.522. The number of phenols is 1. The Kier molecular flexibility index (Phi) is 4.98. The number of amides is 1. The number of aromatic nitrogens is 2. The van der Waals surface area contributed by atoms with Gasteiger partial charge in [-0.3, -0.25) is 4.79 Å². The van der Waals surface area contributed by atoms with Gasteiger partial charge in [-0.2, -0.15) is 0 Å². The number of rotatable bonds is 3. The van der Waals surface area contributed by atoms with Gasteiger partial charge in [0.25, 0.3) is 5.91 Å². The van der Waals surface area contributed by atoms with Gasteiger partial charge in [0.05, 0.1) is 12.6 Å². The van der Waals surface area contributed by atoms with Gasteiger partial charge in [0.1, 0.15) is 5.69 Å². The number of aryl methyl sites for hydroxylation is 1. The van der Waals surface area contributed by atoms with Crippen molar-refractivity contribution >= 4 is 16.8 Å². The highest BCUT2D eigenvalue weighted by Crippen LogP contribution is 2.36. The molecule has 0 atom stereocenters. The van der Waals surface area contributed by atoms with Crippen molar-refractivity contribution in [2.75, 3.05) is 13.7 Å². The number of carbonyl (C=O) groups excluding carboxylic acids is 1. The lowest BCUT2D eigenvalue weighted by Crippen LogP contribution is -2.36. The lowest BCUT2D eigenvalue weighted by atomic mass is 9.97. The van der Waals surface area contributed by atoms with Crippen LogP contribution in [0.1, 0.15) is 27.2 Å². The van der Waals surface area contributed by atoms with E-state index in [-0.39, 0.29) is 11.7 Å². The number of nitrogens with zero attached hydrogens (tertiary/aromatic N) is 3. The fourth-order valence-corrected chi connectivity index (χ4v) is 4.17. The smallest absolute Gasteiger partial charge is 0.273 e. The lowest BCUT2D eigenvalue weighted by Gasteiger charge is -2.29. The van der Waals surface area contributed by atoms with Gasteiger partial charge in [-0.15, -0.1) is 0 Å². The van der Waals surface area contributed by atoms with E-state index < -0.39 is 0 Å². The van der Waals surface area contributed by atoms with Crippen molar-refractivity contribution < 1.29 is 14.6 Å². The zero-order valence-electron chi connectivity index (χ0n) is 18.0. The van der Waals surface area contributed by atoms with Gasteiger partial charge in [-0.1, -0.05) is 54.1 Å². The number of para-hydroxylation sites is 1. The van der Waals surface area contributed by atoms with Crippen LogP contribution in [0.15, 0.2) is 60.7 Å². The second-order valence-corrected chi connectivity index (χ2v) is 8.01. The molecular formula is C26H23N3O3. The van der Waals surface area contributed by atoms with E-state index >= 15 is 0 Å². The topological polar surface area (TPSA) is 75.6 Å². The Hall–Kier alpha value is -3.93. The number of ether oxygens (including phenoxy) is 1. The van der Waals surface area contributed by atoms with Crippen molar-refractivity contribution in [2.24, 2.45) is 0 Å². The number of aromatic hydroxyl groups is 1. The Balaban J connectivity index is 1.55. The minimum atomic E-state index is -0.141. The summed E-state index contributed by atoms with van der Waals surface area (Å²) >= 11 is 0. The van der Waals surface area contributed by atoms with Gasteiger partial charge in [0.15, 0.2) is 17.3 Å². The highest BCUT2D eigenvalue weighted by molar-refractivity contribution is 6.05. The molecule has 0 saturated carbocycles. The summed E-state index contributed by atoms with van der Waals surface area (Å²) in [6, 6.07) is 19.2. The van der Waals surface area contributed by atoms with Crippen molar-refractivity contribution in [2.45, 2.75) is 19.9 Å². The molecule has 0 spiro atoms. The molecule has 6 nitrogen and oxygen atoms in total. The van der Waals surface area contributed by atoms with Crippen LogP contribution in [-0.4, -0.2) is 39.5 Å². The summed E-state index contributed by atoms with van der Waals surface area (Å²) < 4.78 is 5.22. The number of fused-ring (bicyclic) bond motifs is 2. The second kappa shape index (κ2) is 7.96. The molecule has 160 valence electrons. The molecule has 3 aromatic carbocycles. The zero-order chi connectivity index (χ0) is 22.2. The summed E-state index contributed by atoms with van der Waals surface area (Å²) in [7, 11) is 1.53. The second-order valence-electron chi connectivity index (χ2n) is 8.01. The summed E-state index contributed by atoms with van der Waals surface area (Å²) in [6.45, 7) is 2.93. The Labute approximate surface area is 186 Å². The molecule has 1 N–H and O–H groups in total. The first-order valence-corrected chi connectivity index (χ1v) is 10.6. The summed E-state index contributed by atoms with van der Waals surface area (Å²) in [6.07, 6.45) is 0.554. The van der Waals surface area contributed by atoms with Gasteiger partial charge in [-0.25, -0.2) is 9.97 Å². The monoisotopic (exact) mass is 425 g/mol. The molecule has 0 saturated heterocycles. The Morgan fingerprint density at radius 3 is 2.59 bits per heavy atom. The maximum absolute atomic E-state index is 13.6. The molecule has 1 amide bonds. The number of phenolic OH excluding ortho intramolecular Hbond substituents is 1. The molecule has 32 heavy (non-hydrogen) atoms. The average molecular weight is 425 g/mol. The van der Waals surface area contributed by atoms with E-state index in [9.17, 15) is 9.90 Å². The molecule has 1 aliphatic rings. The van der Waals surface area contributed by atoms with E-state index in [1.165, 1.54) is 7.11 Å². The Bertz CT molecular complexity index is 1330. The van der Waals surface area contributed by atoms with E-state index in [1.807, 2.05) is 61.5 Å². The van der Waals surface area contributed by atoms with Gasteiger partial charge in [0, 0.05) is 29.6 Å². The van der Waals surface area contributed by atoms with Crippen molar-refractivity contribution in [1.29, 1.82) is 0 Å². The fourth-order valence-electron chi connectivity index (χ4n) is 4.17. The summed E-state index contributed by atoms with van der Waals surface area (Å²) in [5, 5.41) is 11.2. The predicted octanol–water partition coefficient (Wildman–Crippen LogP) is 4.52. The van der Waals surface area contributed by atoms with Crippen LogP contribution < -0.4 is 4.74 Å². The number of methoxy groups -OCH3 is 1. The van der Waals surface area contributed by atoms with Crippen LogP contribution in [0.25, 0.3) is 22.3 Å². The number of carbonyl (C=O) groups is 1. The molecule has 2 heterocycles. The molecule has 1 aromatic heterocycles. The fraction of sp³-hybridized carbons (Fsp3) is 0.192. The molecule has 0 aliphatic carbocycles. The van der Waals surface area contributed by atoms with E-state index in [2.05, 4.69) is 0 Å². The molecular weight excluding hydrogens is 402 g/mol. The number of benzene rings is 3. The highest BCUT2D eigenvalue weighted by atomic mass is 16.5. The van der Waals surface area contributed by atoms with Crippen LogP contribution in [-0.2, 0) is 13.0 Å². The molecule has 1 aliphatic heterocycles. The summed E-state index contributed by atoms with van der Waals surface area (Å²) in [5.74, 6) is 1.00. The van der Waals surface area contributed by atoms with Crippen LogP contribution >= 0.6 is 0 Å². The number of hydrogen-bond acceptors (Lipinski definition) is 5. The van der Waals surface area contributed by atoms with Gasteiger partial charge in [0.2, 0.25) is 0 Å². The van der Waals surface area contributed by atoms with Crippen LogP contribution in [0.5, 0.6) is 11.5 Å². The van der Waals surface area contributed by atoms with E-state index in [0.29, 0.717) is 36.8 Å². The molecule has 4 aromatic rings. The van der Waals surface area contributed by atoms with Crippen LogP contribution in [0.2, 0.25) is 0 Å². The number of hydrogen-bond donors (Lipinski definition) is 1. The Morgan fingerprint density at radius 2 is 1.81 bits per heavy atom.